The molecule has 0 unspecified atom stereocenters. The molecule has 3 aromatic rings. The predicted octanol–water partition coefficient (Wildman–Crippen LogP) is 5.15. The lowest BCUT2D eigenvalue weighted by molar-refractivity contribution is 0.886. The van der Waals surface area contributed by atoms with Gasteiger partial charge in [0.05, 0.1) is 6.20 Å². The Morgan fingerprint density at radius 2 is 1.96 bits per heavy atom. The molecule has 6 heteroatoms. The summed E-state index contributed by atoms with van der Waals surface area (Å²) in [5, 5.41) is 11.7. The van der Waals surface area contributed by atoms with Crippen molar-refractivity contribution in [3.05, 3.63) is 64.3 Å². The van der Waals surface area contributed by atoms with E-state index in [-0.39, 0.29) is 0 Å². The van der Waals surface area contributed by atoms with Crippen molar-refractivity contribution in [3.8, 4) is 0 Å². The second-order valence-corrected chi connectivity index (χ2v) is 6.72. The average molecular weight is 398 g/mol. The monoisotopic (exact) mass is 397 g/mol. The van der Waals surface area contributed by atoms with Crippen LogP contribution >= 0.6 is 15.9 Å². The highest BCUT2D eigenvalue weighted by molar-refractivity contribution is 9.10. The average Bonchev–Trinajstić information content (AvgIpc) is 2.59. The van der Waals surface area contributed by atoms with Gasteiger partial charge in [-0.15, -0.1) is 5.10 Å². The minimum absolute atomic E-state index is 0.577. The van der Waals surface area contributed by atoms with Crippen LogP contribution in [0.1, 0.15) is 18.1 Å². The summed E-state index contributed by atoms with van der Waals surface area (Å²) in [6.07, 6.45) is 1.63. The molecule has 0 aliphatic rings. The summed E-state index contributed by atoms with van der Waals surface area (Å²) in [6, 6.07) is 14.3. The van der Waals surface area contributed by atoms with E-state index in [0.29, 0.717) is 11.8 Å². The summed E-state index contributed by atoms with van der Waals surface area (Å²) < 4.78 is 1.05. The lowest BCUT2D eigenvalue weighted by atomic mass is 10.2. The summed E-state index contributed by atoms with van der Waals surface area (Å²) >= 11 is 3.48. The molecule has 0 aliphatic carbocycles. The molecule has 5 nitrogen and oxygen atoms in total. The quantitative estimate of drug-likeness (QED) is 0.644. The second-order valence-electron chi connectivity index (χ2n) is 5.81. The highest BCUT2D eigenvalue weighted by Gasteiger charge is 2.12. The molecule has 0 radical (unpaired) electrons. The molecule has 1 aromatic heterocycles. The highest BCUT2D eigenvalue weighted by atomic mass is 79.9. The first-order valence-corrected chi connectivity index (χ1v) is 8.93. The van der Waals surface area contributed by atoms with Gasteiger partial charge in [-0.3, -0.25) is 0 Å². The van der Waals surface area contributed by atoms with Crippen LogP contribution in [0.15, 0.2) is 53.1 Å². The van der Waals surface area contributed by atoms with Crippen LogP contribution in [0.5, 0.6) is 0 Å². The summed E-state index contributed by atoms with van der Waals surface area (Å²) in [5.41, 5.74) is 4.37. The maximum absolute atomic E-state index is 4.64. The molecular weight excluding hydrogens is 378 g/mol. The van der Waals surface area contributed by atoms with Crippen LogP contribution < -0.4 is 10.2 Å². The van der Waals surface area contributed by atoms with Crippen molar-refractivity contribution < 1.29 is 0 Å². The minimum Gasteiger partial charge on any atom is -0.339 e. The maximum atomic E-state index is 4.64. The zero-order valence-corrected chi connectivity index (χ0v) is 16.1. The lowest BCUT2D eigenvalue weighted by Gasteiger charge is -2.21. The van der Waals surface area contributed by atoms with Crippen molar-refractivity contribution in [2.24, 2.45) is 0 Å². The van der Waals surface area contributed by atoms with Gasteiger partial charge in [-0.1, -0.05) is 28.1 Å². The Hall–Kier alpha value is -2.47. The van der Waals surface area contributed by atoms with E-state index in [4.69, 9.17) is 0 Å². The largest absolute Gasteiger partial charge is 0.339 e. The highest BCUT2D eigenvalue weighted by Crippen LogP contribution is 2.25. The van der Waals surface area contributed by atoms with Crippen molar-refractivity contribution in [3.63, 3.8) is 0 Å². The van der Waals surface area contributed by atoms with Crippen molar-refractivity contribution in [1.82, 2.24) is 15.2 Å². The van der Waals surface area contributed by atoms with E-state index in [0.717, 1.165) is 28.0 Å². The number of nitrogens with zero attached hydrogens (tertiary/aromatic N) is 4. The Morgan fingerprint density at radius 1 is 1.12 bits per heavy atom. The Balaban J connectivity index is 1.90. The third kappa shape index (κ3) is 4.14. The number of anilines is 4. The first kappa shape index (κ1) is 17.4. The van der Waals surface area contributed by atoms with E-state index in [9.17, 15) is 0 Å². The summed E-state index contributed by atoms with van der Waals surface area (Å²) in [6.45, 7) is 6.95. The summed E-state index contributed by atoms with van der Waals surface area (Å²) in [5.74, 6) is 1.24. The van der Waals surface area contributed by atoms with Gasteiger partial charge in [-0.2, -0.15) is 10.1 Å². The molecule has 0 fully saturated rings. The van der Waals surface area contributed by atoms with Gasteiger partial charge < -0.3 is 10.2 Å². The van der Waals surface area contributed by atoms with Crippen molar-refractivity contribution in [2.45, 2.75) is 20.8 Å². The van der Waals surface area contributed by atoms with E-state index in [2.05, 4.69) is 74.5 Å². The number of aromatic nitrogens is 3. The fraction of sp³-hybridized carbons (Fsp3) is 0.211. The number of aryl methyl sites for hydroxylation is 2. The van der Waals surface area contributed by atoms with Crippen molar-refractivity contribution >= 4 is 39.1 Å². The van der Waals surface area contributed by atoms with Gasteiger partial charge in [0.2, 0.25) is 0 Å². The first-order chi connectivity index (χ1) is 12.1. The molecule has 25 heavy (non-hydrogen) atoms. The Bertz CT molecular complexity index is 881. The minimum atomic E-state index is 0.577. The number of hydrogen-bond acceptors (Lipinski definition) is 5. The number of halogens is 1. The molecule has 3 rings (SSSR count). The maximum Gasteiger partial charge on any atom is 0.251 e. The zero-order chi connectivity index (χ0) is 17.8. The number of benzene rings is 2. The van der Waals surface area contributed by atoms with Crippen LogP contribution in [0.3, 0.4) is 0 Å². The number of hydrogen-bond donors (Lipinski definition) is 1. The zero-order valence-electron chi connectivity index (χ0n) is 14.5. The van der Waals surface area contributed by atoms with Gasteiger partial charge in [-0.05, 0) is 62.2 Å². The molecule has 1 heterocycles. The molecule has 0 saturated heterocycles. The summed E-state index contributed by atoms with van der Waals surface area (Å²) in [7, 11) is 0. The molecule has 0 atom stereocenters. The molecule has 0 saturated carbocycles. The Morgan fingerprint density at radius 3 is 2.68 bits per heavy atom. The van der Waals surface area contributed by atoms with E-state index >= 15 is 0 Å². The van der Waals surface area contributed by atoms with Crippen LogP contribution in [0, 0.1) is 13.8 Å². The Labute approximate surface area is 156 Å². The topological polar surface area (TPSA) is 53.9 Å². The molecule has 1 N–H and O–H groups in total. The van der Waals surface area contributed by atoms with Gasteiger partial charge in [-0.25, -0.2) is 0 Å². The molecular formula is C19H20BrN5. The van der Waals surface area contributed by atoms with E-state index in [1.165, 1.54) is 5.56 Å². The lowest BCUT2D eigenvalue weighted by Crippen LogP contribution is -2.19. The Kier molecular flexibility index (Phi) is 5.28. The third-order valence-corrected chi connectivity index (χ3v) is 4.36. The number of rotatable bonds is 5. The predicted molar refractivity (Wildman–Crippen MR) is 106 cm³/mol. The normalized spacial score (nSPS) is 10.6. The van der Waals surface area contributed by atoms with Crippen LogP contribution in [0.25, 0.3) is 0 Å². The SMILES string of the molecule is CCN(c1cccc(C)c1)c1nncc(Nc2ccc(Br)cc2C)n1. The molecule has 0 bridgehead atoms. The summed E-state index contributed by atoms with van der Waals surface area (Å²) in [4.78, 5) is 6.68. The van der Waals surface area contributed by atoms with Gasteiger partial charge >= 0.3 is 0 Å². The van der Waals surface area contributed by atoms with Crippen LogP contribution in [-0.4, -0.2) is 21.7 Å². The van der Waals surface area contributed by atoms with Crippen LogP contribution in [0.4, 0.5) is 23.1 Å². The van der Waals surface area contributed by atoms with Gasteiger partial charge in [0, 0.05) is 22.4 Å². The van der Waals surface area contributed by atoms with Gasteiger partial charge in [0.1, 0.15) is 0 Å². The standard InChI is InChI=1S/C19H20BrN5/c1-4-25(16-7-5-6-13(2)10-16)19-23-18(12-21-24-19)22-17-9-8-15(20)11-14(17)3/h5-12H,4H2,1-3H3,(H,22,23,24). The number of nitrogens with one attached hydrogen (secondary N) is 1. The molecule has 0 spiro atoms. The van der Waals surface area contributed by atoms with Gasteiger partial charge in [0.25, 0.3) is 5.95 Å². The molecule has 128 valence electrons. The van der Waals surface area contributed by atoms with Crippen molar-refractivity contribution in [1.29, 1.82) is 0 Å². The third-order valence-electron chi connectivity index (χ3n) is 3.87. The van der Waals surface area contributed by atoms with E-state index in [1.54, 1.807) is 6.20 Å². The smallest absolute Gasteiger partial charge is 0.251 e. The molecule has 0 amide bonds. The van der Waals surface area contributed by atoms with Crippen LogP contribution in [-0.2, 0) is 0 Å². The second kappa shape index (κ2) is 7.61. The van der Waals surface area contributed by atoms with E-state index in [1.807, 2.05) is 30.0 Å². The molecule has 0 aliphatic heterocycles. The van der Waals surface area contributed by atoms with Gasteiger partial charge in [0.15, 0.2) is 5.82 Å². The first-order valence-electron chi connectivity index (χ1n) is 8.14. The molecule has 2 aromatic carbocycles. The van der Waals surface area contributed by atoms with Crippen LogP contribution in [0.2, 0.25) is 0 Å². The van der Waals surface area contributed by atoms with Crippen molar-refractivity contribution in [2.75, 3.05) is 16.8 Å². The van der Waals surface area contributed by atoms with E-state index < -0.39 is 0 Å². The fourth-order valence-electron chi connectivity index (χ4n) is 2.61. The fourth-order valence-corrected chi connectivity index (χ4v) is 3.08.